The van der Waals surface area contributed by atoms with Gasteiger partial charge in [0, 0.05) is 6.42 Å². The second-order valence-corrected chi connectivity index (χ2v) is 4.68. The fraction of sp³-hybridized carbons (Fsp3) is 0.333. The zero-order chi connectivity index (χ0) is 13.1. The van der Waals surface area contributed by atoms with Crippen molar-refractivity contribution in [3.8, 4) is 5.75 Å². The fourth-order valence-corrected chi connectivity index (χ4v) is 2.30. The number of hydrogen-bond acceptors (Lipinski definition) is 2. The Balaban J connectivity index is 2.30. The van der Waals surface area contributed by atoms with Gasteiger partial charge in [0.2, 0.25) is 0 Å². The molecule has 0 bridgehead atoms. The predicted octanol–water partition coefficient (Wildman–Crippen LogP) is 4.49. The number of benzene rings is 1. The topological polar surface area (TPSA) is 22.4 Å². The maximum absolute atomic E-state index is 6.47. The van der Waals surface area contributed by atoms with E-state index in [9.17, 15) is 0 Å². The Morgan fingerprint density at radius 2 is 2.06 bits per heavy atom. The second kappa shape index (κ2) is 5.49. The summed E-state index contributed by atoms with van der Waals surface area (Å²) in [4.78, 5) is 0. The van der Waals surface area contributed by atoms with Crippen molar-refractivity contribution < 1.29 is 9.15 Å². The fourth-order valence-electron chi connectivity index (χ4n) is 1.93. The van der Waals surface area contributed by atoms with E-state index in [-0.39, 0.29) is 5.38 Å². The molecule has 0 amide bonds. The molecular formula is C15H17ClO2. The molecule has 3 heteroatoms. The van der Waals surface area contributed by atoms with Crippen LogP contribution in [0.3, 0.4) is 0 Å². The number of halogens is 1. The van der Waals surface area contributed by atoms with Crippen molar-refractivity contribution >= 4 is 11.6 Å². The molecule has 0 saturated carbocycles. The van der Waals surface area contributed by atoms with Crippen LogP contribution >= 0.6 is 11.6 Å². The number of hydrogen-bond donors (Lipinski definition) is 0. The molecule has 18 heavy (non-hydrogen) atoms. The average molecular weight is 265 g/mol. The van der Waals surface area contributed by atoms with Crippen molar-refractivity contribution in [1.82, 2.24) is 0 Å². The highest BCUT2D eigenvalue weighted by atomic mass is 35.5. The van der Waals surface area contributed by atoms with Gasteiger partial charge >= 0.3 is 0 Å². The minimum Gasteiger partial charge on any atom is -0.497 e. The van der Waals surface area contributed by atoms with E-state index in [1.54, 1.807) is 7.11 Å². The van der Waals surface area contributed by atoms with Gasteiger partial charge in [-0.05, 0) is 42.3 Å². The number of rotatable bonds is 4. The van der Waals surface area contributed by atoms with Crippen molar-refractivity contribution in [3.05, 3.63) is 53.0 Å². The highest BCUT2D eigenvalue weighted by Crippen LogP contribution is 2.33. The van der Waals surface area contributed by atoms with Gasteiger partial charge in [0.25, 0.3) is 0 Å². The van der Waals surface area contributed by atoms with E-state index in [1.165, 1.54) is 0 Å². The third-order valence-corrected chi connectivity index (χ3v) is 3.48. The predicted molar refractivity (Wildman–Crippen MR) is 73.5 cm³/mol. The molecule has 1 aromatic carbocycles. The Morgan fingerprint density at radius 3 is 2.61 bits per heavy atom. The molecule has 1 heterocycles. The van der Waals surface area contributed by atoms with Gasteiger partial charge in [-0.2, -0.15) is 0 Å². The molecule has 1 aromatic heterocycles. The van der Waals surface area contributed by atoms with Gasteiger partial charge in [0.15, 0.2) is 0 Å². The van der Waals surface area contributed by atoms with E-state index in [4.69, 9.17) is 20.8 Å². The summed E-state index contributed by atoms with van der Waals surface area (Å²) in [6, 6.07) is 9.81. The van der Waals surface area contributed by atoms with Gasteiger partial charge in [-0.25, -0.2) is 0 Å². The Kier molecular flexibility index (Phi) is 3.97. The molecule has 1 atom stereocenters. The highest BCUT2D eigenvalue weighted by Gasteiger charge is 2.17. The first-order valence-corrected chi connectivity index (χ1v) is 6.46. The molecule has 2 aromatic rings. The van der Waals surface area contributed by atoms with Crippen LogP contribution in [-0.2, 0) is 6.42 Å². The summed E-state index contributed by atoms with van der Waals surface area (Å²) in [6.07, 6.45) is 0.880. The molecule has 0 aliphatic carbocycles. The van der Waals surface area contributed by atoms with Crippen LogP contribution in [-0.4, -0.2) is 7.11 Å². The molecule has 0 aliphatic rings. The summed E-state index contributed by atoms with van der Waals surface area (Å²) < 4.78 is 10.9. The van der Waals surface area contributed by atoms with Crippen LogP contribution < -0.4 is 4.74 Å². The lowest BCUT2D eigenvalue weighted by Gasteiger charge is -2.12. The molecule has 0 spiro atoms. The average Bonchev–Trinajstić information content (AvgIpc) is 2.86. The number of furan rings is 1. The van der Waals surface area contributed by atoms with Crippen LogP contribution in [0.25, 0.3) is 0 Å². The number of alkyl halides is 1. The van der Waals surface area contributed by atoms with Crippen molar-refractivity contribution in [2.24, 2.45) is 0 Å². The monoisotopic (exact) mass is 264 g/mol. The number of methoxy groups -OCH3 is 1. The molecule has 0 saturated heterocycles. The van der Waals surface area contributed by atoms with Gasteiger partial charge in [-0.1, -0.05) is 13.0 Å². The maximum atomic E-state index is 6.47. The molecule has 0 N–H and O–H groups in total. The summed E-state index contributed by atoms with van der Waals surface area (Å²) in [7, 11) is 1.66. The first kappa shape index (κ1) is 13.0. The Morgan fingerprint density at radius 1 is 1.28 bits per heavy atom. The van der Waals surface area contributed by atoms with Crippen molar-refractivity contribution in [2.45, 2.75) is 25.6 Å². The van der Waals surface area contributed by atoms with E-state index in [2.05, 4.69) is 6.92 Å². The van der Waals surface area contributed by atoms with Gasteiger partial charge in [0.05, 0.1) is 7.11 Å². The molecule has 0 aliphatic heterocycles. The zero-order valence-corrected chi connectivity index (χ0v) is 11.6. The van der Waals surface area contributed by atoms with E-state index < -0.39 is 0 Å². The van der Waals surface area contributed by atoms with E-state index >= 15 is 0 Å². The highest BCUT2D eigenvalue weighted by molar-refractivity contribution is 6.22. The quantitative estimate of drug-likeness (QED) is 0.760. The minimum atomic E-state index is -0.254. The van der Waals surface area contributed by atoms with E-state index in [0.29, 0.717) is 0 Å². The molecular weight excluding hydrogens is 248 g/mol. The first-order chi connectivity index (χ1) is 8.65. The molecule has 96 valence electrons. The van der Waals surface area contributed by atoms with Gasteiger partial charge in [-0.3, -0.25) is 0 Å². The number of aryl methyl sites for hydroxylation is 2. The van der Waals surface area contributed by atoms with Crippen molar-refractivity contribution in [3.63, 3.8) is 0 Å². The third kappa shape index (κ3) is 2.54. The lowest BCUT2D eigenvalue weighted by Crippen LogP contribution is -1.96. The van der Waals surface area contributed by atoms with Crippen LogP contribution in [0.1, 0.15) is 34.9 Å². The van der Waals surface area contributed by atoms with E-state index in [0.717, 1.165) is 34.8 Å². The van der Waals surface area contributed by atoms with Gasteiger partial charge in [0.1, 0.15) is 22.6 Å². The molecule has 2 nitrogen and oxygen atoms in total. The Labute approximate surface area is 113 Å². The lowest BCUT2D eigenvalue weighted by atomic mass is 10.0. The molecule has 0 fully saturated rings. The third-order valence-electron chi connectivity index (χ3n) is 3.03. The first-order valence-electron chi connectivity index (χ1n) is 6.03. The lowest BCUT2D eigenvalue weighted by molar-refractivity contribution is 0.414. The molecule has 2 rings (SSSR count). The summed E-state index contributed by atoms with van der Waals surface area (Å²) in [6.45, 7) is 4.08. The minimum absolute atomic E-state index is 0.254. The van der Waals surface area contributed by atoms with Crippen LogP contribution in [0, 0.1) is 6.92 Å². The van der Waals surface area contributed by atoms with Crippen molar-refractivity contribution in [2.75, 3.05) is 7.11 Å². The van der Waals surface area contributed by atoms with Crippen LogP contribution in [0.4, 0.5) is 0 Å². The Bertz CT molecular complexity index is 531. The maximum Gasteiger partial charge on any atom is 0.126 e. The summed E-state index contributed by atoms with van der Waals surface area (Å²) >= 11 is 6.47. The van der Waals surface area contributed by atoms with Crippen LogP contribution in [0.5, 0.6) is 5.75 Å². The summed E-state index contributed by atoms with van der Waals surface area (Å²) in [5, 5.41) is -0.254. The summed E-state index contributed by atoms with van der Waals surface area (Å²) in [5.74, 6) is 2.59. The Hall–Kier alpha value is -1.41. The number of ether oxygens (including phenoxy) is 1. The van der Waals surface area contributed by atoms with Gasteiger partial charge < -0.3 is 9.15 Å². The van der Waals surface area contributed by atoms with Gasteiger partial charge in [-0.15, -0.1) is 11.6 Å². The second-order valence-electron chi connectivity index (χ2n) is 4.24. The normalized spacial score (nSPS) is 12.4. The zero-order valence-electron chi connectivity index (χ0n) is 10.9. The van der Waals surface area contributed by atoms with Crippen molar-refractivity contribution in [1.29, 1.82) is 0 Å². The SMILES string of the molecule is CCc1ccc(C(Cl)c2ccc(OC)cc2C)o1. The smallest absolute Gasteiger partial charge is 0.126 e. The molecule has 0 radical (unpaired) electrons. The van der Waals surface area contributed by atoms with Crippen LogP contribution in [0.15, 0.2) is 34.7 Å². The molecule has 1 unspecified atom stereocenters. The van der Waals surface area contributed by atoms with Crippen LogP contribution in [0.2, 0.25) is 0 Å². The standard InChI is InChI=1S/C15H17ClO2/c1-4-11-6-8-14(18-11)15(16)13-7-5-12(17-3)9-10(13)2/h5-9,15H,4H2,1-3H3. The summed E-state index contributed by atoms with van der Waals surface area (Å²) in [5.41, 5.74) is 2.15. The largest absolute Gasteiger partial charge is 0.497 e. The van der Waals surface area contributed by atoms with E-state index in [1.807, 2.05) is 37.3 Å².